The third kappa shape index (κ3) is 5.87. The Balaban J connectivity index is 2.42. The molecule has 0 bridgehead atoms. The van der Waals surface area contributed by atoms with Crippen molar-refractivity contribution in [3.05, 3.63) is 0 Å². The molecule has 0 saturated carbocycles. The lowest BCUT2D eigenvalue weighted by Gasteiger charge is -2.32. The molecule has 1 heterocycles. The first-order valence-electron chi connectivity index (χ1n) is 6.30. The molecule has 1 atom stereocenters. The molecule has 0 amide bonds. The molecule has 0 aromatic carbocycles. The number of piperidine rings is 1. The van der Waals surface area contributed by atoms with Crippen molar-refractivity contribution in [2.75, 3.05) is 18.8 Å². The molecule has 19 heavy (non-hydrogen) atoms. The van der Waals surface area contributed by atoms with Gasteiger partial charge < -0.3 is 0 Å². The van der Waals surface area contributed by atoms with Gasteiger partial charge in [-0.05, 0) is 32.1 Å². The summed E-state index contributed by atoms with van der Waals surface area (Å²) in [5, 5.41) is -0.00455. The Labute approximate surface area is 117 Å². The molecule has 0 aliphatic carbocycles. The van der Waals surface area contributed by atoms with E-state index in [9.17, 15) is 21.6 Å². The second-order valence-electron chi connectivity index (χ2n) is 4.95. The van der Waals surface area contributed by atoms with Crippen LogP contribution in [0, 0.1) is 5.92 Å². The van der Waals surface area contributed by atoms with Crippen molar-refractivity contribution in [1.82, 2.24) is 4.31 Å². The van der Waals surface area contributed by atoms with E-state index in [0.29, 0.717) is 25.9 Å². The Morgan fingerprint density at radius 3 is 2.26 bits per heavy atom. The van der Waals surface area contributed by atoms with Gasteiger partial charge in [-0.2, -0.15) is 13.2 Å². The summed E-state index contributed by atoms with van der Waals surface area (Å²) in [6.45, 7) is 2.59. The summed E-state index contributed by atoms with van der Waals surface area (Å²) in [5.41, 5.74) is 0. The number of alkyl halides is 4. The van der Waals surface area contributed by atoms with Crippen LogP contribution in [0.25, 0.3) is 0 Å². The lowest BCUT2D eigenvalue weighted by molar-refractivity contribution is -0.134. The molecule has 1 saturated heterocycles. The summed E-state index contributed by atoms with van der Waals surface area (Å²) in [6, 6.07) is 0. The third-order valence-corrected chi connectivity index (χ3v) is 5.72. The highest BCUT2D eigenvalue weighted by molar-refractivity contribution is 7.89. The smallest absolute Gasteiger partial charge is 0.212 e. The standard InChI is InChI=1S/C11H19ClF3NO2S/c1-9(12)10-3-6-16(7-4-10)19(17,18)8-2-5-11(13,14)15/h9-10H,2-8H2,1H3. The summed E-state index contributed by atoms with van der Waals surface area (Å²) in [5.74, 6) is -0.156. The number of hydrogen-bond donors (Lipinski definition) is 0. The second-order valence-corrected chi connectivity index (χ2v) is 7.73. The van der Waals surface area contributed by atoms with E-state index >= 15 is 0 Å². The minimum absolute atomic E-state index is 0.00455. The van der Waals surface area contributed by atoms with E-state index in [-0.39, 0.29) is 17.7 Å². The largest absolute Gasteiger partial charge is 0.389 e. The maximum absolute atomic E-state index is 12.0. The van der Waals surface area contributed by atoms with Gasteiger partial charge in [-0.1, -0.05) is 0 Å². The molecule has 1 unspecified atom stereocenters. The number of hydrogen-bond acceptors (Lipinski definition) is 2. The van der Waals surface area contributed by atoms with E-state index in [1.165, 1.54) is 4.31 Å². The van der Waals surface area contributed by atoms with Crippen LogP contribution in [0.1, 0.15) is 32.6 Å². The first-order chi connectivity index (χ1) is 8.62. The predicted octanol–water partition coefficient (Wildman–Crippen LogP) is 3.00. The van der Waals surface area contributed by atoms with E-state index < -0.39 is 28.4 Å². The first-order valence-corrected chi connectivity index (χ1v) is 8.35. The summed E-state index contributed by atoms with van der Waals surface area (Å²) in [7, 11) is -3.56. The SMILES string of the molecule is CC(Cl)C1CCN(S(=O)(=O)CCCC(F)(F)F)CC1. The van der Waals surface area contributed by atoms with Crippen LogP contribution in [0.5, 0.6) is 0 Å². The average molecular weight is 322 g/mol. The minimum Gasteiger partial charge on any atom is -0.212 e. The van der Waals surface area contributed by atoms with Gasteiger partial charge in [0.2, 0.25) is 10.0 Å². The molecule has 1 fully saturated rings. The van der Waals surface area contributed by atoms with Gasteiger partial charge in [-0.15, -0.1) is 11.6 Å². The third-order valence-electron chi connectivity index (χ3n) is 3.40. The fraction of sp³-hybridized carbons (Fsp3) is 1.00. The second kappa shape index (κ2) is 6.63. The number of nitrogens with zero attached hydrogens (tertiary/aromatic N) is 1. The zero-order chi connectivity index (χ0) is 14.7. The van der Waals surface area contributed by atoms with Crippen molar-refractivity contribution in [1.29, 1.82) is 0 Å². The van der Waals surface area contributed by atoms with Crippen molar-refractivity contribution in [3.63, 3.8) is 0 Å². The van der Waals surface area contributed by atoms with Gasteiger partial charge in [0.05, 0.1) is 5.75 Å². The van der Waals surface area contributed by atoms with E-state index in [0.717, 1.165) is 0 Å². The highest BCUT2D eigenvalue weighted by Crippen LogP contribution is 2.26. The van der Waals surface area contributed by atoms with Crippen molar-refractivity contribution in [3.8, 4) is 0 Å². The Morgan fingerprint density at radius 2 is 1.84 bits per heavy atom. The van der Waals surface area contributed by atoms with Gasteiger partial charge in [0.1, 0.15) is 0 Å². The van der Waals surface area contributed by atoms with Crippen LogP contribution in [0.15, 0.2) is 0 Å². The van der Waals surface area contributed by atoms with Crippen LogP contribution in [-0.2, 0) is 10.0 Å². The molecule has 0 aromatic heterocycles. The van der Waals surface area contributed by atoms with Crippen LogP contribution >= 0.6 is 11.6 Å². The van der Waals surface area contributed by atoms with Crippen LogP contribution in [0.2, 0.25) is 0 Å². The highest BCUT2D eigenvalue weighted by Gasteiger charge is 2.31. The summed E-state index contributed by atoms with van der Waals surface area (Å²) in [6.07, 6.45) is -4.39. The Kier molecular flexibility index (Phi) is 5.95. The van der Waals surface area contributed by atoms with E-state index in [4.69, 9.17) is 11.6 Å². The molecule has 1 aliphatic heterocycles. The summed E-state index contributed by atoms with van der Waals surface area (Å²) in [4.78, 5) is 0. The van der Waals surface area contributed by atoms with Gasteiger partial charge in [-0.3, -0.25) is 0 Å². The maximum Gasteiger partial charge on any atom is 0.389 e. The minimum atomic E-state index is -4.30. The average Bonchev–Trinajstić information content (AvgIpc) is 2.27. The number of rotatable bonds is 5. The van der Waals surface area contributed by atoms with Gasteiger partial charge in [-0.25, -0.2) is 12.7 Å². The van der Waals surface area contributed by atoms with E-state index in [2.05, 4.69) is 0 Å². The van der Waals surface area contributed by atoms with Crippen molar-refractivity contribution in [2.45, 2.75) is 44.2 Å². The van der Waals surface area contributed by atoms with Gasteiger partial charge in [0.15, 0.2) is 0 Å². The zero-order valence-electron chi connectivity index (χ0n) is 10.8. The van der Waals surface area contributed by atoms with E-state index in [1.807, 2.05) is 6.92 Å². The molecule has 0 aromatic rings. The van der Waals surface area contributed by atoms with Crippen molar-refractivity contribution >= 4 is 21.6 Å². The molecule has 8 heteroatoms. The topological polar surface area (TPSA) is 37.4 Å². The molecule has 3 nitrogen and oxygen atoms in total. The molecule has 1 rings (SSSR count). The Morgan fingerprint density at radius 1 is 1.32 bits per heavy atom. The number of halogens is 4. The lowest BCUT2D eigenvalue weighted by Crippen LogP contribution is -2.41. The molecular weight excluding hydrogens is 303 g/mol. The normalized spacial score (nSPS) is 21.5. The van der Waals surface area contributed by atoms with Gasteiger partial charge >= 0.3 is 6.18 Å². The highest BCUT2D eigenvalue weighted by atomic mass is 35.5. The molecule has 0 spiro atoms. The Hall–Kier alpha value is -0.0100. The fourth-order valence-corrected chi connectivity index (χ4v) is 3.98. The summed E-state index contributed by atoms with van der Waals surface area (Å²) < 4.78 is 61.0. The number of sulfonamides is 1. The lowest BCUT2D eigenvalue weighted by atomic mass is 9.95. The predicted molar refractivity (Wildman–Crippen MR) is 68.7 cm³/mol. The van der Waals surface area contributed by atoms with Gasteiger partial charge in [0.25, 0.3) is 0 Å². The molecule has 1 aliphatic rings. The molecule has 114 valence electrons. The van der Waals surface area contributed by atoms with E-state index in [1.54, 1.807) is 0 Å². The van der Waals surface area contributed by atoms with Crippen LogP contribution in [-0.4, -0.2) is 43.1 Å². The van der Waals surface area contributed by atoms with Crippen molar-refractivity contribution < 1.29 is 21.6 Å². The fourth-order valence-electron chi connectivity index (χ4n) is 2.20. The van der Waals surface area contributed by atoms with Crippen LogP contribution in [0.4, 0.5) is 13.2 Å². The monoisotopic (exact) mass is 321 g/mol. The molecular formula is C11H19ClF3NO2S. The maximum atomic E-state index is 12.0. The first kappa shape index (κ1) is 17.0. The van der Waals surface area contributed by atoms with Crippen LogP contribution in [0.3, 0.4) is 0 Å². The Bertz CT molecular complexity index is 376. The van der Waals surface area contributed by atoms with Crippen LogP contribution < -0.4 is 0 Å². The molecule has 0 radical (unpaired) electrons. The quantitative estimate of drug-likeness (QED) is 0.730. The zero-order valence-corrected chi connectivity index (χ0v) is 12.4. The van der Waals surface area contributed by atoms with Crippen molar-refractivity contribution in [2.24, 2.45) is 5.92 Å². The molecule has 0 N–H and O–H groups in total. The summed E-state index contributed by atoms with van der Waals surface area (Å²) >= 11 is 5.96. The van der Waals surface area contributed by atoms with Gasteiger partial charge in [0, 0.05) is 24.9 Å².